The van der Waals surface area contributed by atoms with Crippen LogP contribution in [0.15, 0.2) is 18.2 Å². The first kappa shape index (κ1) is 16.3. The molecule has 0 unspecified atom stereocenters. The molecule has 2 rings (SSSR count). The van der Waals surface area contributed by atoms with Gasteiger partial charge in [-0.2, -0.15) is 5.26 Å². The van der Waals surface area contributed by atoms with Crippen molar-refractivity contribution in [2.45, 2.75) is 32.2 Å². The molecule has 1 atom stereocenters. The van der Waals surface area contributed by atoms with E-state index in [-0.39, 0.29) is 29.2 Å². The fourth-order valence-corrected chi connectivity index (χ4v) is 2.42. The highest BCUT2D eigenvalue weighted by Crippen LogP contribution is 2.39. The Bertz CT molecular complexity index is 649. The van der Waals surface area contributed by atoms with Crippen LogP contribution in [0, 0.1) is 17.2 Å². The number of ketones is 1. The topological polar surface area (TPSA) is 79.2 Å². The monoisotopic (exact) mass is 320 g/mol. The molecule has 6 heteroatoms. The van der Waals surface area contributed by atoms with E-state index in [1.165, 1.54) is 13.0 Å². The second-order valence-corrected chi connectivity index (χ2v) is 6.03. The van der Waals surface area contributed by atoms with Crippen molar-refractivity contribution >= 4 is 23.3 Å². The summed E-state index contributed by atoms with van der Waals surface area (Å²) in [6.45, 7) is 2.93. The van der Waals surface area contributed by atoms with Crippen LogP contribution in [0.2, 0.25) is 5.02 Å². The number of nitrogens with one attached hydrogen (secondary N) is 1. The molecule has 0 radical (unpaired) electrons. The van der Waals surface area contributed by atoms with Gasteiger partial charge in [-0.3, -0.25) is 9.59 Å². The van der Waals surface area contributed by atoms with Crippen molar-refractivity contribution in [3.63, 3.8) is 0 Å². The summed E-state index contributed by atoms with van der Waals surface area (Å²) in [5.41, 5.74) is -0.365. The normalized spacial score (nSPS) is 16.3. The molecule has 1 aliphatic carbocycles. The van der Waals surface area contributed by atoms with E-state index in [9.17, 15) is 14.9 Å². The molecule has 0 aliphatic heterocycles. The van der Waals surface area contributed by atoms with E-state index in [0.29, 0.717) is 11.3 Å². The minimum atomic E-state index is -0.845. The van der Waals surface area contributed by atoms with E-state index in [1.54, 1.807) is 19.1 Å². The maximum atomic E-state index is 11.9. The number of carbonyl (C=O) groups is 2. The Hall–Kier alpha value is -2.06. The number of amides is 1. The summed E-state index contributed by atoms with van der Waals surface area (Å²) in [5.74, 6) is 0.0647. The molecular weight excluding hydrogens is 304 g/mol. The van der Waals surface area contributed by atoms with Crippen LogP contribution in [-0.2, 0) is 4.79 Å². The maximum Gasteiger partial charge on any atom is 0.259 e. The van der Waals surface area contributed by atoms with Crippen LogP contribution in [-0.4, -0.2) is 23.8 Å². The van der Waals surface area contributed by atoms with Gasteiger partial charge >= 0.3 is 0 Å². The highest BCUT2D eigenvalue weighted by molar-refractivity contribution is 6.32. The van der Waals surface area contributed by atoms with E-state index in [0.717, 1.165) is 12.8 Å². The zero-order valence-corrected chi connectivity index (χ0v) is 13.2. The number of halogens is 1. The smallest absolute Gasteiger partial charge is 0.259 e. The van der Waals surface area contributed by atoms with E-state index < -0.39 is 5.54 Å². The molecular formula is C16H17ClN2O3. The highest BCUT2D eigenvalue weighted by Gasteiger charge is 2.43. The summed E-state index contributed by atoms with van der Waals surface area (Å²) < 4.78 is 5.36. The van der Waals surface area contributed by atoms with Gasteiger partial charge in [0, 0.05) is 5.56 Å². The van der Waals surface area contributed by atoms with Gasteiger partial charge in [-0.1, -0.05) is 11.6 Å². The first-order valence-electron chi connectivity index (χ1n) is 7.01. The Labute approximate surface area is 134 Å². The van der Waals surface area contributed by atoms with E-state index >= 15 is 0 Å². The summed E-state index contributed by atoms with van der Waals surface area (Å²) in [5, 5.41) is 12.2. The zero-order chi connectivity index (χ0) is 16.3. The average molecular weight is 321 g/mol. The number of benzene rings is 1. The van der Waals surface area contributed by atoms with Crippen LogP contribution in [0.25, 0.3) is 0 Å². The second kappa shape index (κ2) is 6.37. The third kappa shape index (κ3) is 3.77. The molecule has 1 saturated carbocycles. The van der Waals surface area contributed by atoms with Crippen molar-refractivity contribution in [1.82, 2.24) is 5.32 Å². The number of nitrogens with zero attached hydrogens (tertiary/aromatic N) is 1. The molecule has 0 heterocycles. The molecule has 1 amide bonds. The first-order valence-corrected chi connectivity index (χ1v) is 7.39. The average Bonchev–Trinajstić information content (AvgIpc) is 3.30. The van der Waals surface area contributed by atoms with Gasteiger partial charge in [0.15, 0.2) is 12.4 Å². The van der Waals surface area contributed by atoms with Crippen LogP contribution < -0.4 is 10.1 Å². The molecule has 0 spiro atoms. The van der Waals surface area contributed by atoms with Crippen LogP contribution in [0.5, 0.6) is 5.75 Å². The number of Topliss-reactive ketones (excluding diaryl/α,β-unsaturated/α-hetero) is 1. The van der Waals surface area contributed by atoms with Crippen molar-refractivity contribution in [3.05, 3.63) is 28.8 Å². The summed E-state index contributed by atoms with van der Waals surface area (Å²) in [6.07, 6.45) is 1.90. The van der Waals surface area contributed by atoms with Crippen molar-refractivity contribution in [2.24, 2.45) is 5.92 Å². The van der Waals surface area contributed by atoms with Gasteiger partial charge in [0.2, 0.25) is 0 Å². The van der Waals surface area contributed by atoms with Crippen LogP contribution in [0.4, 0.5) is 0 Å². The summed E-state index contributed by atoms with van der Waals surface area (Å²) in [7, 11) is 0. The third-order valence-corrected chi connectivity index (χ3v) is 4.02. The first-order chi connectivity index (χ1) is 10.4. The predicted molar refractivity (Wildman–Crippen MR) is 81.8 cm³/mol. The van der Waals surface area contributed by atoms with Crippen molar-refractivity contribution in [3.8, 4) is 11.8 Å². The van der Waals surface area contributed by atoms with Crippen LogP contribution >= 0.6 is 11.6 Å². The minimum absolute atomic E-state index is 0.0968. The largest absolute Gasteiger partial charge is 0.482 e. The van der Waals surface area contributed by atoms with E-state index in [4.69, 9.17) is 16.3 Å². The standard InChI is InChI=1S/C16H17ClN2O3/c1-10(20)11-3-6-14(13(17)7-11)22-8-15(21)19-16(2,9-18)12-4-5-12/h3,6-7,12H,4-5,8H2,1-2H3,(H,19,21)/t16-/m1/s1. The molecule has 0 saturated heterocycles. The van der Waals surface area contributed by atoms with Gasteiger partial charge in [-0.25, -0.2) is 0 Å². The Balaban J connectivity index is 1.94. The van der Waals surface area contributed by atoms with Crippen LogP contribution in [0.3, 0.4) is 0 Å². The Morgan fingerprint density at radius 1 is 1.50 bits per heavy atom. The van der Waals surface area contributed by atoms with Gasteiger partial charge in [0.1, 0.15) is 11.3 Å². The summed E-state index contributed by atoms with van der Waals surface area (Å²) in [6, 6.07) is 6.79. The lowest BCUT2D eigenvalue weighted by Gasteiger charge is -2.22. The van der Waals surface area contributed by atoms with E-state index in [2.05, 4.69) is 11.4 Å². The van der Waals surface area contributed by atoms with Gasteiger partial charge in [0.05, 0.1) is 11.1 Å². The quantitative estimate of drug-likeness (QED) is 0.817. The number of carbonyl (C=O) groups excluding carboxylic acids is 2. The molecule has 0 aromatic heterocycles. The molecule has 0 bridgehead atoms. The summed E-state index contributed by atoms with van der Waals surface area (Å²) in [4.78, 5) is 23.2. The fraction of sp³-hybridized carbons (Fsp3) is 0.438. The Morgan fingerprint density at radius 3 is 2.68 bits per heavy atom. The highest BCUT2D eigenvalue weighted by atomic mass is 35.5. The lowest BCUT2D eigenvalue weighted by Crippen LogP contribution is -2.48. The molecule has 22 heavy (non-hydrogen) atoms. The lowest BCUT2D eigenvalue weighted by atomic mass is 9.98. The number of rotatable bonds is 6. The third-order valence-electron chi connectivity index (χ3n) is 3.72. The number of hydrogen-bond donors (Lipinski definition) is 1. The minimum Gasteiger partial charge on any atom is -0.482 e. The predicted octanol–water partition coefficient (Wildman–Crippen LogP) is 2.73. The number of ether oxygens (including phenoxy) is 1. The molecule has 1 fully saturated rings. The molecule has 1 aromatic carbocycles. The number of nitriles is 1. The molecule has 1 N–H and O–H groups in total. The van der Waals surface area contributed by atoms with Gasteiger partial charge in [-0.15, -0.1) is 0 Å². The molecule has 1 aliphatic rings. The fourth-order valence-electron chi connectivity index (χ4n) is 2.19. The lowest BCUT2D eigenvalue weighted by molar-refractivity contribution is -0.124. The number of hydrogen-bond acceptors (Lipinski definition) is 4. The van der Waals surface area contributed by atoms with Crippen molar-refractivity contribution in [2.75, 3.05) is 6.61 Å². The Morgan fingerprint density at radius 2 is 2.18 bits per heavy atom. The molecule has 5 nitrogen and oxygen atoms in total. The van der Waals surface area contributed by atoms with Gasteiger partial charge in [-0.05, 0) is 50.8 Å². The maximum absolute atomic E-state index is 11.9. The molecule has 1 aromatic rings. The van der Waals surface area contributed by atoms with Crippen LogP contribution in [0.1, 0.15) is 37.0 Å². The van der Waals surface area contributed by atoms with E-state index in [1.807, 2.05) is 0 Å². The zero-order valence-electron chi connectivity index (χ0n) is 12.5. The van der Waals surface area contributed by atoms with Crippen molar-refractivity contribution < 1.29 is 14.3 Å². The SMILES string of the molecule is CC(=O)c1ccc(OCC(=O)N[C@](C)(C#N)C2CC2)c(Cl)c1. The van der Waals surface area contributed by atoms with Crippen molar-refractivity contribution in [1.29, 1.82) is 5.26 Å². The Kier molecular flexibility index (Phi) is 4.72. The van der Waals surface area contributed by atoms with Gasteiger partial charge in [0.25, 0.3) is 5.91 Å². The van der Waals surface area contributed by atoms with Gasteiger partial charge < -0.3 is 10.1 Å². The summed E-state index contributed by atoms with van der Waals surface area (Å²) >= 11 is 6.02. The molecule has 116 valence electrons. The second-order valence-electron chi connectivity index (χ2n) is 5.63.